The number of aliphatic hydroxyl groups is 1. The van der Waals surface area contributed by atoms with E-state index in [-0.39, 0.29) is 6.10 Å². The van der Waals surface area contributed by atoms with Crippen LogP contribution in [0.5, 0.6) is 0 Å². The molecule has 3 saturated heterocycles. The SMILES string of the molecule is OC1CC1CN(CC1CCCC(CN(CC2CO2)CC2CO2)C1)CC1CO1. The van der Waals surface area contributed by atoms with Crippen LogP contribution >= 0.6 is 0 Å². The summed E-state index contributed by atoms with van der Waals surface area (Å²) >= 11 is 0. The average molecular weight is 381 g/mol. The molecule has 5 aliphatic rings. The molecule has 3 aliphatic heterocycles. The van der Waals surface area contributed by atoms with Gasteiger partial charge in [0, 0.05) is 39.3 Å². The zero-order valence-electron chi connectivity index (χ0n) is 16.5. The molecule has 0 aromatic carbocycles. The number of rotatable bonds is 12. The maximum atomic E-state index is 9.74. The van der Waals surface area contributed by atoms with Crippen molar-refractivity contribution in [3.05, 3.63) is 0 Å². The first-order valence-electron chi connectivity index (χ1n) is 11.2. The van der Waals surface area contributed by atoms with E-state index in [9.17, 15) is 5.11 Å². The highest BCUT2D eigenvalue weighted by Gasteiger charge is 2.39. The smallest absolute Gasteiger partial charge is 0.0936 e. The fourth-order valence-corrected chi connectivity index (χ4v) is 5.06. The highest BCUT2D eigenvalue weighted by Crippen LogP contribution is 2.34. The minimum Gasteiger partial charge on any atom is -0.393 e. The Morgan fingerprint density at radius 1 is 0.667 bits per heavy atom. The second-order valence-electron chi connectivity index (χ2n) is 9.76. The van der Waals surface area contributed by atoms with Crippen molar-refractivity contribution in [2.75, 3.05) is 59.1 Å². The van der Waals surface area contributed by atoms with Crippen LogP contribution in [-0.2, 0) is 14.2 Å². The lowest BCUT2D eigenvalue weighted by Gasteiger charge is -2.35. The molecule has 2 saturated carbocycles. The lowest BCUT2D eigenvalue weighted by molar-refractivity contribution is 0.123. The van der Waals surface area contributed by atoms with Crippen LogP contribution in [0, 0.1) is 17.8 Å². The normalized spacial score (nSPS) is 42.6. The molecule has 0 bridgehead atoms. The summed E-state index contributed by atoms with van der Waals surface area (Å²) in [6.07, 6.45) is 7.80. The zero-order chi connectivity index (χ0) is 18.2. The predicted molar refractivity (Wildman–Crippen MR) is 102 cm³/mol. The van der Waals surface area contributed by atoms with Crippen LogP contribution in [0.1, 0.15) is 32.1 Å². The number of epoxide rings is 3. The molecule has 154 valence electrons. The summed E-state index contributed by atoms with van der Waals surface area (Å²) in [5, 5.41) is 9.74. The van der Waals surface area contributed by atoms with Crippen molar-refractivity contribution in [3.8, 4) is 0 Å². The summed E-state index contributed by atoms with van der Waals surface area (Å²) in [6, 6.07) is 0. The van der Waals surface area contributed by atoms with E-state index in [4.69, 9.17) is 14.2 Å². The lowest BCUT2D eigenvalue weighted by Crippen LogP contribution is -2.40. The summed E-state index contributed by atoms with van der Waals surface area (Å²) in [5.74, 6) is 2.12. The average Bonchev–Trinajstić information content (AvgIpc) is 3.46. The van der Waals surface area contributed by atoms with Gasteiger partial charge in [0.05, 0.1) is 44.2 Å². The summed E-state index contributed by atoms with van der Waals surface area (Å²) in [6.45, 7) is 9.53. The Balaban J connectivity index is 1.10. The fraction of sp³-hybridized carbons (Fsp3) is 1.00. The molecule has 27 heavy (non-hydrogen) atoms. The summed E-state index contributed by atoms with van der Waals surface area (Å²) < 4.78 is 16.4. The largest absolute Gasteiger partial charge is 0.393 e. The Hall–Kier alpha value is -0.240. The maximum Gasteiger partial charge on any atom is 0.0936 e. The maximum absolute atomic E-state index is 9.74. The fourth-order valence-electron chi connectivity index (χ4n) is 5.06. The molecular formula is C21H36N2O4. The molecule has 5 fully saturated rings. The first-order valence-corrected chi connectivity index (χ1v) is 11.2. The van der Waals surface area contributed by atoms with E-state index < -0.39 is 0 Å². The third-order valence-electron chi connectivity index (χ3n) is 6.89. The van der Waals surface area contributed by atoms with Crippen molar-refractivity contribution in [3.63, 3.8) is 0 Å². The van der Waals surface area contributed by atoms with Gasteiger partial charge < -0.3 is 24.2 Å². The summed E-state index contributed by atoms with van der Waals surface area (Å²) in [7, 11) is 0. The van der Waals surface area contributed by atoms with Gasteiger partial charge in [-0.25, -0.2) is 0 Å². The van der Waals surface area contributed by atoms with Gasteiger partial charge in [-0.3, -0.25) is 4.90 Å². The second kappa shape index (κ2) is 8.25. The van der Waals surface area contributed by atoms with Crippen LogP contribution in [0.3, 0.4) is 0 Å². The van der Waals surface area contributed by atoms with Crippen molar-refractivity contribution >= 4 is 0 Å². The van der Waals surface area contributed by atoms with Crippen molar-refractivity contribution in [2.24, 2.45) is 17.8 Å². The van der Waals surface area contributed by atoms with Crippen LogP contribution in [0.25, 0.3) is 0 Å². The van der Waals surface area contributed by atoms with Gasteiger partial charge in [0.2, 0.25) is 0 Å². The van der Waals surface area contributed by atoms with Gasteiger partial charge in [0.25, 0.3) is 0 Å². The lowest BCUT2D eigenvalue weighted by atomic mass is 9.80. The molecule has 3 heterocycles. The van der Waals surface area contributed by atoms with Gasteiger partial charge in [0.15, 0.2) is 0 Å². The Morgan fingerprint density at radius 2 is 1.11 bits per heavy atom. The molecule has 0 amide bonds. The Morgan fingerprint density at radius 3 is 1.52 bits per heavy atom. The van der Waals surface area contributed by atoms with E-state index in [0.717, 1.165) is 64.3 Å². The number of aliphatic hydroxyl groups excluding tert-OH is 1. The Bertz CT molecular complexity index is 481. The molecule has 7 unspecified atom stereocenters. The number of nitrogens with zero attached hydrogens (tertiary/aromatic N) is 2. The highest BCUT2D eigenvalue weighted by atomic mass is 16.6. The molecule has 5 rings (SSSR count). The predicted octanol–water partition coefficient (Wildman–Crippen LogP) is 0.974. The van der Waals surface area contributed by atoms with Crippen molar-refractivity contribution in [1.29, 1.82) is 0 Å². The monoisotopic (exact) mass is 380 g/mol. The number of hydrogen-bond acceptors (Lipinski definition) is 6. The molecule has 0 radical (unpaired) electrons. The van der Waals surface area contributed by atoms with E-state index in [0.29, 0.717) is 24.2 Å². The van der Waals surface area contributed by atoms with Crippen LogP contribution in [0.4, 0.5) is 0 Å². The van der Waals surface area contributed by atoms with E-state index in [1.807, 2.05) is 0 Å². The third kappa shape index (κ3) is 6.12. The minimum atomic E-state index is -0.0467. The van der Waals surface area contributed by atoms with Gasteiger partial charge in [-0.2, -0.15) is 0 Å². The van der Waals surface area contributed by atoms with Crippen molar-refractivity contribution in [1.82, 2.24) is 9.80 Å². The summed E-state index contributed by atoms with van der Waals surface area (Å²) in [5.41, 5.74) is 0. The third-order valence-corrected chi connectivity index (χ3v) is 6.89. The standard InChI is InChI=1S/C21H36N2O4/c24-21-5-17(21)8-22(9-18-12-25-18)6-15-2-1-3-16(4-15)7-23(10-19-13-26-19)11-20-14-27-20/h15-21,24H,1-14H2. The highest BCUT2D eigenvalue weighted by molar-refractivity contribution is 4.91. The van der Waals surface area contributed by atoms with Gasteiger partial charge in [-0.15, -0.1) is 0 Å². The molecular weight excluding hydrogens is 344 g/mol. The van der Waals surface area contributed by atoms with Crippen LogP contribution in [0.2, 0.25) is 0 Å². The number of hydrogen-bond donors (Lipinski definition) is 1. The molecule has 6 heteroatoms. The van der Waals surface area contributed by atoms with Gasteiger partial charge in [-0.1, -0.05) is 6.42 Å². The van der Waals surface area contributed by atoms with E-state index >= 15 is 0 Å². The quantitative estimate of drug-likeness (QED) is 0.509. The molecule has 0 aromatic heterocycles. The zero-order valence-corrected chi connectivity index (χ0v) is 16.5. The van der Waals surface area contributed by atoms with E-state index in [1.165, 1.54) is 38.8 Å². The van der Waals surface area contributed by atoms with Crippen LogP contribution < -0.4 is 0 Å². The van der Waals surface area contributed by atoms with E-state index in [2.05, 4.69) is 9.80 Å². The second-order valence-corrected chi connectivity index (χ2v) is 9.76. The molecule has 7 atom stereocenters. The molecule has 0 aromatic rings. The van der Waals surface area contributed by atoms with E-state index in [1.54, 1.807) is 0 Å². The Kier molecular flexibility index (Phi) is 5.73. The molecule has 2 aliphatic carbocycles. The van der Waals surface area contributed by atoms with Crippen LogP contribution in [0.15, 0.2) is 0 Å². The number of ether oxygens (including phenoxy) is 3. The van der Waals surface area contributed by atoms with Crippen molar-refractivity contribution in [2.45, 2.75) is 56.5 Å². The minimum absolute atomic E-state index is 0.0467. The Labute approximate surface area is 163 Å². The van der Waals surface area contributed by atoms with Gasteiger partial charge >= 0.3 is 0 Å². The van der Waals surface area contributed by atoms with Crippen molar-refractivity contribution < 1.29 is 19.3 Å². The molecule has 6 nitrogen and oxygen atoms in total. The van der Waals surface area contributed by atoms with Gasteiger partial charge in [-0.05, 0) is 43.4 Å². The van der Waals surface area contributed by atoms with Crippen LogP contribution in [-0.4, -0.2) is 98.4 Å². The first kappa shape index (κ1) is 18.8. The first-order chi connectivity index (χ1) is 13.2. The molecule has 0 spiro atoms. The topological polar surface area (TPSA) is 64.3 Å². The van der Waals surface area contributed by atoms with Gasteiger partial charge in [0.1, 0.15) is 0 Å². The molecule has 1 N–H and O–H groups in total. The summed E-state index contributed by atoms with van der Waals surface area (Å²) in [4.78, 5) is 5.21.